The number of nitrogens with one attached hydrogen (secondary N) is 1. The van der Waals surface area contributed by atoms with E-state index in [9.17, 15) is 4.79 Å². The summed E-state index contributed by atoms with van der Waals surface area (Å²) in [5, 5.41) is 3.12. The number of alkyl halides is 1. The molecule has 4 heteroatoms. The third-order valence-electron chi connectivity index (χ3n) is 3.15. The molecule has 1 rings (SSSR count). The summed E-state index contributed by atoms with van der Waals surface area (Å²) >= 11 is 5.99. The third-order valence-corrected chi connectivity index (χ3v) is 3.68. The van der Waals surface area contributed by atoms with E-state index in [1.807, 2.05) is 0 Å². The number of hydrogen-bond acceptors (Lipinski definition) is 2. The van der Waals surface area contributed by atoms with Gasteiger partial charge in [0.25, 0.3) is 0 Å². The molecule has 3 unspecified atom stereocenters. The molecule has 1 aliphatic heterocycles. The average Bonchev–Trinajstić information content (AvgIpc) is 2.76. The van der Waals surface area contributed by atoms with Crippen LogP contribution in [0.15, 0.2) is 0 Å². The van der Waals surface area contributed by atoms with Gasteiger partial charge in [0, 0.05) is 18.5 Å². The zero-order valence-corrected chi connectivity index (χ0v) is 10.9. The van der Waals surface area contributed by atoms with Gasteiger partial charge < -0.3 is 10.1 Å². The maximum absolute atomic E-state index is 11.9. The molecule has 94 valence electrons. The Morgan fingerprint density at radius 1 is 1.56 bits per heavy atom. The summed E-state index contributed by atoms with van der Waals surface area (Å²) in [6, 6.07) is 0. The van der Waals surface area contributed by atoms with Crippen LogP contribution in [0.4, 0.5) is 0 Å². The predicted octanol–water partition coefficient (Wildman–Crippen LogP) is 2.33. The van der Waals surface area contributed by atoms with Crippen molar-refractivity contribution in [3.05, 3.63) is 0 Å². The highest BCUT2D eigenvalue weighted by atomic mass is 35.5. The van der Waals surface area contributed by atoms with Crippen LogP contribution in [-0.4, -0.2) is 30.5 Å². The summed E-state index contributed by atoms with van der Waals surface area (Å²) in [5.74, 6) is 0.171. The summed E-state index contributed by atoms with van der Waals surface area (Å²) in [6.07, 6.45) is 3.65. The summed E-state index contributed by atoms with van der Waals surface area (Å²) < 4.78 is 5.50. The Morgan fingerprint density at radius 2 is 2.31 bits per heavy atom. The quantitative estimate of drug-likeness (QED) is 0.732. The minimum atomic E-state index is 0.0420. The van der Waals surface area contributed by atoms with E-state index in [0.717, 1.165) is 25.7 Å². The van der Waals surface area contributed by atoms with Gasteiger partial charge in [-0.05, 0) is 25.7 Å². The van der Waals surface area contributed by atoms with Crippen molar-refractivity contribution in [3.8, 4) is 0 Å². The van der Waals surface area contributed by atoms with E-state index in [2.05, 4.69) is 19.2 Å². The zero-order chi connectivity index (χ0) is 12.0. The van der Waals surface area contributed by atoms with Gasteiger partial charge in [-0.15, -0.1) is 11.6 Å². The van der Waals surface area contributed by atoms with Crippen LogP contribution in [0.5, 0.6) is 0 Å². The van der Waals surface area contributed by atoms with E-state index in [0.29, 0.717) is 13.2 Å². The second-order valence-corrected chi connectivity index (χ2v) is 4.92. The Hall–Kier alpha value is -0.280. The number of carbonyl (C=O) groups is 1. The molecule has 1 N–H and O–H groups in total. The summed E-state index contributed by atoms with van der Waals surface area (Å²) in [4.78, 5) is 11.9. The molecular formula is C12H22ClNO2. The number of hydrogen-bond donors (Lipinski definition) is 1. The Morgan fingerprint density at radius 3 is 2.94 bits per heavy atom. The lowest BCUT2D eigenvalue weighted by atomic mass is 9.99. The molecule has 16 heavy (non-hydrogen) atoms. The fourth-order valence-electron chi connectivity index (χ4n) is 2.04. The van der Waals surface area contributed by atoms with Crippen molar-refractivity contribution in [2.75, 3.05) is 13.2 Å². The standard InChI is InChI=1S/C12H22ClNO2/c1-3-9(13)5-7-14-12(15)10-6-8-16-11(10)4-2/h9-11H,3-8H2,1-2H3,(H,14,15). The second kappa shape index (κ2) is 7.13. The molecule has 1 aliphatic rings. The van der Waals surface area contributed by atoms with E-state index in [4.69, 9.17) is 16.3 Å². The molecule has 3 nitrogen and oxygen atoms in total. The molecule has 1 saturated heterocycles. The van der Waals surface area contributed by atoms with Gasteiger partial charge >= 0.3 is 0 Å². The predicted molar refractivity (Wildman–Crippen MR) is 65.7 cm³/mol. The molecule has 0 bridgehead atoms. The SMILES string of the molecule is CCC(Cl)CCNC(=O)C1CCOC1CC. The Kier molecular flexibility index (Phi) is 6.14. The molecule has 0 spiro atoms. The molecule has 1 fully saturated rings. The van der Waals surface area contributed by atoms with Crippen molar-refractivity contribution in [1.82, 2.24) is 5.32 Å². The highest BCUT2D eigenvalue weighted by Crippen LogP contribution is 2.23. The lowest BCUT2D eigenvalue weighted by Crippen LogP contribution is -2.36. The molecule has 0 aromatic carbocycles. The topological polar surface area (TPSA) is 38.3 Å². The third kappa shape index (κ3) is 3.95. The van der Waals surface area contributed by atoms with Crippen molar-refractivity contribution in [2.45, 2.75) is 51.0 Å². The first-order valence-corrected chi connectivity index (χ1v) is 6.66. The minimum absolute atomic E-state index is 0.0420. The number of rotatable bonds is 6. The summed E-state index contributed by atoms with van der Waals surface area (Å²) in [7, 11) is 0. The normalized spacial score (nSPS) is 26.7. The molecular weight excluding hydrogens is 226 g/mol. The Balaban J connectivity index is 2.24. The van der Waals surface area contributed by atoms with Crippen LogP contribution in [0, 0.1) is 5.92 Å². The van der Waals surface area contributed by atoms with Crippen LogP contribution in [0.25, 0.3) is 0 Å². The lowest BCUT2D eigenvalue weighted by Gasteiger charge is -2.16. The van der Waals surface area contributed by atoms with Gasteiger partial charge in [-0.1, -0.05) is 13.8 Å². The van der Waals surface area contributed by atoms with Gasteiger partial charge in [-0.25, -0.2) is 0 Å². The van der Waals surface area contributed by atoms with E-state index in [-0.39, 0.29) is 23.3 Å². The van der Waals surface area contributed by atoms with Crippen molar-refractivity contribution in [1.29, 1.82) is 0 Å². The molecule has 0 aromatic rings. The van der Waals surface area contributed by atoms with Gasteiger partial charge in [-0.2, -0.15) is 0 Å². The molecule has 0 saturated carbocycles. The van der Waals surface area contributed by atoms with Crippen molar-refractivity contribution >= 4 is 17.5 Å². The fraction of sp³-hybridized carbons (Fsp3) is 0.917. The van der Waals surface area contributed by atoms with Crippen LogP contribution in [-0.2, 0) is 9.53 Å². The van der Waals surface area contributed by atoms with E-state index >= 15 is 0 Å². The monoisotopic (exact) mass is 247 g/mol. The van der Waals surface area contributed by atoms with Crippen LogP contribution in [0.1, 0.15) is 39.5 Å². The van der Waals surface area contributed by atoms with Gasteiger partial charge in [-0.3, -0.25) is 4.79 Å². The van der Waals surface area contributed by atoms with Crippen LogP contribution >= 0.6 is 11.6 Å². The second-order valence-electron chi connectivity index (χ2n) is 4.30. The summed E-state index contributed by atoms with van der Waals surface area (Å²) in [5.41, 5.74) is 0. The van der Waals surface area contributed by atoms with Crippen LogP contribution in [0.3, 0.4) is 0 Å². The maximum Gasteiger partial charge on any atom is 0.225 e. The smallest absolute Gasteiger partial charge is 0.225 e. The summed E-state index contributed by atoms with van der Waals surface area (Å²) in [6.45, 7) is 5.50. The molecule has 0 aromatic heterocycles. The van der Waals surface area contributed by atoms with Gasteiger partial charge in [0.2, 0.25) is 5.91 Å². The highest BCUT2D eigenvalue weighted by Gasteiger charge is 2.32. The number of ether oxygens (including phenoxy) is 1. The first-order valence-electron chi connectivity index (χ1n) is 6.22. The van der Waals surface area contributed by atoms with Gasteiger partial charge in [0.1, 0.15) is 0 Å². The lowest BCUT2D eigenvalue weighted by molar-refractivity contribution is -0.126. The van der Waals surface area contributed by atoms with Crippen molar-refractivity contribution in [3.63, 3.8) is 0 Å². The molecule has 0 radical (unpaired) electrons. The molecule has 1 amide bonds. The average molecular weight is 248 g/mol. The van der Waals surface area contributed by atoms with Crippen LogP contribution in [0.2, 0.25) is 0 Å². The number of carbonyl (C=O) groups excluding carboxylic acids is 1. The van der Waals surface area contributed by atoms with E-state index in [1.165, 1.54) is 0 Å². The maximum atomic E-state index is 11.9. The largest absolute Gasteiger partial charge is 0.377 e. The first kappa shape index (κ1) is 13.8. The Labute approximate surface area is 103 Å². The molecule has 0 aliphatic carbocycles. The first-order chi connectivity index (χ1) is 7.69. The zero-order valence-electron chi connectivity index (χ0n) is 10.2. The van der Waals surface area contributed by atoms with E-state index in [1.54, 1.807) is 0 Å². The minimum Gasteiger partial charge on any atom is -0.377 e. The fourth-order valence-corrected chi connectivity index (χ4v) is 2.15. The van der Waals surface area contributed by atoms with Gasteiger partial charge in [0.05, 0.1) is 12.0 Å². The van der Waals surface area contributed by atoms with Gasteiger partial charge in [0.15, 0.2) is 0 Å². The van der Waals surface area contributed by atoms with Crippen molar-refractivity contribution < 1.29 is 9.53 Å². The number of amides is 1. The van der Waals surface area contributed by atoms with Crippen LogP contribution < -0.4 is 5.32 Å². The van der Waals surface area contributed by atoms with Crippen molar-refractivity contribution in [2.24, 2.45) is 5.92 Å². The highest BCUT2D eigenvalue weighted by molar-refractivity contribution is 6.20. The molecule has 3 atom stereocenters. The Bertz CT molecular complexity index is 223. The number of halogens is 1. The molecule has 1 heterocycles. The van der Waals surface area contributed by atoms with E-state index < -0.39 is 0 Å².